The number of rotatable bonds is 18. The lowest BCUT2D eigenvalue weighted by molar-refractivity contribution is 0.253. The summed E-state index contributed by atoms with van der Waals surface area (Å²) in [6, 6.07) is 26.6. The fourth-order valence-corrected chi connectivity index (χ4v) is 6.55. The molecule has 0 aromatic heterocycles. The van der Waals surface area contributed by atoms with Crippen LogP contribution >= 0.6 is 67.8 Å². The Morgan fingerprint density at radius 1 is 0.396 bits per heavy atom. The minimum absolute atomic E-state index is 0.535. The summed E-state index contributed by atoms with van der Waals surface area (Å²) in [4.78, 5) is 0. The lowest BCUT2D eigenvalue weighted by Gasteiger charge is -2.27. The van der Waals surface area contributed by atoms with E-state index in [-0.39, 0.29) is 0 Å². The van der Waals surface area contributed by atoms with Gasteiger partial charge in [-0.1, -0.05) is 77.9 Å². The molecule has 0 fully saturated rings. The highest BCUT2D eigenvalue weighted by Gasteiger charge is 2.28. The molecule has 0 atom stereocenters. The lowest BCUT2D eigenvalue weighted by atomic mass is 9.90. The first-order valence-corrected chi connectivity index (χ1v) is 20.6. The topological polar surface area (TPSA) is 27.7 Å². The fraction of sp³-hybridized carbons (Fsp3) is 0.429. The van der Waals surface area contributed by atoms with Crippen molar-refractivity contribution in [2.45, 2.75) is 80.1 Å². The van der Waals surface area contributed by atoms with Gasteiger partial charge in [0, 0.05) is 46.7 Å². The first-order chi connectivity index (χ1) is 23.0. The van der Waals surface area contributed by atoms with Crippen molar-refractivity contribution in [2.24, 2.45) is 17.8 Å². The van der Waals surface area contributed by atoms with Crippen molar-refractivity contribution in [3.8, 4) is 17.2 Å². The third-order valence-electron chi connectivity index (χ3n) is 8.35. The van der Waals surface area contributed by atoms with Crippen LogP contribution in [0.25, 0.3) is 0 Å². The smallest absolute Gasteiger partial charge is 0.133 e. The van der Waals surface area contributed by atoms with Crippen LogP contribution in [0.2, 0.25) is 0 Å². The molecule has 6 heteroatoms. The largest absolute Gasteiger partial charge is 0.493 e. The molecule has 0 aliphatic heterocycles. The van der Waals surface area contributed by atoms with Gasteiger partial charge in [0.25, 0.3) is 0 Å². The zero-order valence-corrected chi connectivity index (χ0v) is 35.9. The van der Waals surface area contributed by atoms with E-state index in [1.165, 1.54) is 27.4 Å². The number of hydrogen-bond acceptors (Lipinski definition) is 3. The highest BCUT2D eigenvalue weighted by molar-refractivity contribution is 14.1. The summed E-state index contributed by atoms with van der Waals surface area (Å²) >= 11 is 7.15. The first kappa shape index (κ1) is 39.3. The predicted molar refractivity (Wildman–Crippen MR) is 227 cm³/mol. The Balaban J connectivity index is 2.03. The summed E-state index contributed by atoms with van der Waals surface area (Å²) in [6.45, 7) is 15.5. The van der Waals surface area contributed by atoms with Crippen molar-refractivity contribution in [3.63, 3.8) is 0 Å². The molecular formula is C42H51I3O3. The van der Waals surface area contributed by atoms with E-state index in [9.17, 15) is 0 Å². The Hall–Kier alpha value is -1.53. The van der Waals surface area contributed by atoms with E-state index in [1.807, 2.05) is 0 Å². The van der Waals surface area contributed by atoms with E-state index in [1.54, 1.807) is 0 Å². The van der Waals surface area contributed by atoms with Gasteiger partial charge in [0.1, 0.15) is 17.2 Å². The van der Waals surface area contributed by atoms with Crippen LogP contribution in [0.5, 0.6) is 17.2 Å². The monoisotopic (exact) mass is 984 g/mol. The molecule has 0 spiro atoms. The molecule has 0 unspecified atom stereocenters. The third kappa shape index (κ3) is 12.4. The van der Waals surface area contributed by atoms with Gasteiger partial charge in [-0.3, -0.25) is 0 Å². The average molecular weight is 985 g/mol. The van der Waals surface area contributed by atoms with Gasteiger partial charge in [-0.05, 0) is 158 Å². The SMILES string of the molecule is CC(C)CCOc1c(Cc2ccc(I)cc2)c(OCCC(C)C)c(Cc2ccc(I)cc2)c(OCCC(C)C)c1Cc1ccc(I)cc1. The van der Waals surface area contributed by atoms with E-state index < -0.39 is 0 Å². The second-order valence-electron chi connectivity index (χ2n) is 13.9. The molecule has 3 nitrogen and oxygen atoms in total. The van der Waals surface area contributed by atoms with Crippen LogP contribution in [0, 0.1) is 28.5 Å². The van der Waals surface area contributed by atoms with E-state index >= 15 is 0 Å². The number of halogens is 3. The van der Waals surface area contributed by atoms with Crippen molar-refractivity contribution in [1.82, 2.24) is 0 Å². The van der Waals surface area contributed by atoms with Gasteiger partial charge in [-0.25, -0.2) is 0 Å². The molecule has 0 aliphatic rings. The van der Waals surface area contributed by atoms with Crippen LogP contribution in [0.1, 0.15) is 94.2 Å². The van der Waals surface area contributed by atoms with E-state index in [0.29, 0.717) is 37.6 Å². The van der Waals surface area contributed by atoms with Crippen LogP contribution < -0.4 is 14.2 Å². The molecule has 0 saturated carbocycles. The van der Waals surface area contributed by atoms with Crippen molar-refractivity contribution in [1.29, 1.82) is 0 Å². The summed E-state index contributed by atoms with van der Waals surface area (Å²) < 4.78 is 24.6. The number of ether oxygens (including phenoxy) is 3. The number of benzene rings is 4. The number of hydrogen-bond donors (Lipinski definition) is 0. The highest BCUT2D eigenvalue weighted by Crippen LogP contribution is 2.47. The first-order valence-electron chi connectivity index (χ1n) is 17.3. The van der Waals surface area contributed by atoms with Gasteiger partial charge in [-0.2, -0.15) is 0 Å². The molecule has 0 aliphatic carbocycles. The maximum absolute atomic E-state index is 6.96. The lowest BCUT2D eigenvalue weighted by Crippen LogP contribution is -2.15. The van der Waals surface area contributed by atoms with Gasteiger partial charge in [0.05, 0.1) is 19.8 Å². The molecule has 48 heavy (non-hydrogen) atoms. The molecular weight excluding hydrogens is 933 g/mol. The van der Waals surface area contributed by atoms with Gasteiger partial charge in [-0.15, -0.1) is 0 Å². The zero-order valence-electron chi connectivity index (χ0n) is 29.4. The van der Waals surface area contributed by atoms with Gasteiger partial charge >= 0.3 is 0 Å². The molecule has 0 saturated heterocycles. The highest BCUT2D eigenvalue weighted by atomic mass is 127. The van der Waals surface area contributed by atoms with E-state index in [4.69, 9.17) is 14.2 Å². The summed E-state index contributed by atoms with van der Waals surface area (Å²) in [6.07, 6.45) is 5.08. The molecule has 4 aromatic carbocycles. The zero-order chi connectivity index (χ0) is 34.6. The maximum atomic E-state index is 6.96. The summed E-state index contributed by atoms with van der Waals surface area (Å²) in [5.41, 5.74) is 7.10. The summed E-state index contributed by atoms with van der Waals surface area (Å²) in [5.74, 6) is 4.39. The quantitative estimate of drug-likeness (QED) is 0.0930. The van der Waals surface area contributed by atoms with Crippen molar-refractivity contribution >= 4 is 67.8 Å². The Morgan fingerprint density at radius 3 is 0.833 bits per heavy atom. The Bertz CT molecular complexity index is 1350. The average Bonchev–Trinajstić information content (AvgIpc) is 3.03. The molecule has 4 rings (SSSR count). The Morgan fingerprint density at radius 2 is 0.625 bits per heavy atom. The molecule has 0 N–H and O–H groups in total. The van der Waals surface area contributed by atoms with Crippen molar-refractivity contribution < 1.29 is 14.2 Å². The third-order valence-corrected chi connectivity index (χ3v) is 10.5. The second-order valence-corrected chi connectivity index (χ2v) is 17.7. The Kier molecular flexibility index (Phi) is 16.2. The minimum Gasteiger partial charge on any atom is -0.493 e. The van der Waals surface area contributed by atoms with Crippen LogP contribution in [0.15, 0.2) is 72.8 Å². The standard InChI is InChI=1S/C42H51I3O3/c1-28(2)19-22-46-40-37(25-31-7-13-34(43)14-8-31)41(47-23-20-29(3)4)39(27-33-11-17-36(45)18-12-33)42(48-24-21-30(5)6)38(40)26-32-9-15-35(44)16-10-32/h7-18,28-30H,19-27H2,1-6H3. The second kappa shape index (κ2) is 19.8. The molecule has 4 aromatic rings. The van der Waals surface area contributed by atoms with E-state index in [0.717, 1.165) is 72.5 Å². The van der Waals surface area contributed by atoms with Gasteiger partial charge < -0.3 is 14.2 Å². The van der Waals surface area contributed by atoms with Crippen LogP contribution in [-0.4, -0.2) is 19.8 Å². The maximum Gasteiger partial charge on any atom is 0.133 e. The van der Waals surface area contributed by atoms with E-state index in [2.05, 4.69) is 182 Å². The van der Waals surface area contributed by atoms with Crippen molar-refractivity contribution in [3.05, 3.63) is 117 Å². The Labute approximate surface area is 330 Å². The predicted octanol–water partition coefficient (Wildman–Crippen LogP) is 12.5. The molecule has 0 radical (unpaired) electrons. The van der Waals surface area contributed by atoms with Gasteiger partial charge in [0.2, 0.25) is 0 Å². The molecule has 0 amide bonds. The van der Waals surface area contributed by atoms with Crippen LogP contribution in [0.3, 0.4) is 0 Å². The molecule has 0 heterocycles. The van der Waals surface area contributed by atoms with Crippen molar-refractivity contribution in [2.75, 3.05) is 19.8 Å². The normalized spacial score (nSPS) is 11.5. The summed E-state index contributed by atoms with van der Waals surface area (Å²) in [7, 11) is 0. The van der Waals surface area contributed by atoms with Crippen LogP contribution in [0.4, 0.5) is 0 Å². The minimum atomic E-state index is 0.535. The van der Waals surface area contributed by atoms with Gasteiger partial charge in [0.15, 0.2) is 0 Å². The molecule has 0 bridgehead atoms. The fourth-order valence-electron chi connectivity index (χ4n) is 5.47. The molecule has 258 valence electrons. The summed E-state index contributed by atoms with van der Waals surface area (Å²) in [5, 5.41) is 0. The van der Waals surface area contributed by atoms with Crippen LogP contribution in [-0.2, 0) is 19.3 Å².